The summed E-state index contributed by atoms with van der Waals surface area (Å²) in [5, 5.41) is 4.24. The molecule has 0 radical (unpaired) electrons. The first-order chi connectivity index (χ1) is 9.72. The normalized spacial score (nSPS) is 10.7. The van der Waals surface area contributed by atoms with E-state index in [1.807, 2.05) is 49.4 Å². The van der Waals surface area contributed by atoms with Crippen molar-refractivity contribution in [1.29, 1.82) is 0 Å². The lowest BCUT2D eigenvalue weighted by Crippen LogP contribution is -2.15. The maximum absolute atomic E-state index is 12.0. The molecule has 2 heterocycles. The van der Waals surface area contributed by atoms with Crippen LogP contribution in [0.2, 0.25) is 0 Å². The van der Waals surface area contributed by atoms with Crippen molar-refractivity contribution < 1.29 is 0 Å². The molecule has 0 bridgehead atoms. The fourth-order valence-corrected chi connectivity index (χ4v) is 2.09. The number of para-hydroxylation sites is 1. The van der Waals surface area contributed by atoms with E-state index >= 15 is 0 Å². The van der Waals surface area contributed by atoms with Gasteiger partial charge in [0.05, 0.1) is 11.9 Å². The summed E-state index contributed by atoms with van der Waals surface area (Å²) >= 11 is 0. The van der Waals surface area contributed by atoms with Crippen molar-refractivity contribution in [3.63, 3.8) is 0 Å². The van der Waals surface area contributed by atoms with Gasteiger partial charge in [-0.3, -0.25) is 9.78 Å². The number of aromatic amines is 1. The maximum atomic E-state index is 12.0. The first kappa shape index (κ1) is 12.4. The second-order valence-electron chi connectivity index (χ2n) is 4.75. The fraction of sp³-hybridized carbons (Fsp3) is 0.125. The van der Waals surface area contributed by atoms with Gasteiger partial charge in [0.15, 0.2) is 0 Å². The van der Waals surface area contributed by atoms with E-state index in [4.69, 9.17) is 0 Å². The molecule has 0 spiro atoms. The van der Waals surface area contributed by atoms with Crippen LogP contribution in [0.15, 0.2) is 53.5 Å². The zero-order valence-electron chi connectivity index (χ0n) is 11.2. The third-order valence-corrected chi connectivity index (χ3v) is 3.22. The highest BCUT2D eigenvalue weighted by Gasteiger charge is 2.02. The highest BCUT2D eigenvalue weighted by atomic mass is 16.1. The number of benzene rings is 1. The first-order valence-corrected chi connectivity index (χ1v) is 6.50. The summed E-state index contributed by atoms with van der Waals surface area (Å²) in [4.78, 5) is 19.1. The van der Waals surface area contributed by atoms with Crippen molar-refractivity contribution in [2.75, 3.05) is 5.32 Å². The zero-order valence-corrected chi connectivity index (χ0v) is 11.2. The topological polar surface area (TPSA) is 57.8 Å². The van der Waals surface area contributed by atoms with Gasteiger partial charge in [-0.25, -0.2) is 0 Å². The van der Waals surface area contributed by atoms with Crippen molar-refractivity contribution in [3.05, 3.63) is 70.3 Å². The number of H-pyrrole nitrogens is 1. The van der Waals surface area contributed by atoms with Gasteiger partial charge in [-0.05, 0) is 36.6 Å². The molecule has 0 aliphatic carbocycles. The number of rotatable bonds is 3. The van der Waals surface area contributed by atoms with Gasteiger partial charge in [-0.15, -0.1) is 0 Å². The Morgan fingerprint density at radius 1 is 1.20 bits per heavy atom. The molecule has 0 saturated heterocycles. The first-order valence-electron chi connectivity index (χ1n) is 6.50. The molecule has 20 heavy (non-hydrogen) atoms. The molecule has 0 fully saturated rings. The highest BCUT2D eigenvalue weighted by Crippen LogP contribution is 2.12. The van der Waals surface area contributed by atoms with Gasteiger partial charge in [0.25, 0.3) is 5.56 Å². The summed E-state index contributed by atoms with van der Waals surface area (Å²) in [6.45, 7) is 2.42. The maximum Gasteiger partial charge on any atom is 0.253 e. The number of fused-ring (bicyclic) bond motifs is 1. The van der Waals surface area contributed by atoms with Crippen LogP contribution >= 0.6 is 0 Å². The summed E-state index contributed by atoms with van der Waals surface area (Å²) < 4.78 is 0. The van der Waals surface area contributed by atoms with E-state index in [0.717, 1.165) is 22.3 Å². The van der Waals surface area contributed by atoms with Crippen LogP contribution in [-0.4, -0.2) is 9.97 Å². The number of pyridine rings is 2. The summed E-state index contributed by atoms with van der Waals surface area (Å²) in [5.74, 6) is 0. The molecule has 1 aromatic carbocycles. The third-order valence-electron chi connectivity index (χ3n) is 3.22. The summed E-state index contributed by atoms with van der Waals surface area (Å²) in [6.07, 6.45) is 1.77. The average molecular weight is 265 g/mol. The fourth-order valence-electron chi connectivity index (χ4n) is 2.09. The number of nitrogens with zero attached hydrogens (tertiary/aromatic N) is 1. The smallest absolute Gasteiger partial charge is 0.253 e. The van der Waals surface area contributed by atoms with Crippen LogP contribution in [0.5, 0.6) is 0 Å². The minimum atomic E-state index is -0.0590. The number of hydrogen-bond donors (Lipinski definition) is 2. The van der Waals surface area contributed by atoms with E-state index in [1.54, 1.807) is 6.20 Å². The van der Waals surface area contributed by atoms with Crippen LogP contribution in [0.1, 0.15) is 11.3 Å². The van der Waals surface area contributed by atoms with Crippen molar-refractivity contribution in [3.8, 4) is 0 Å². The minimum Gasteiger partial charge on any atom is -0.380 e. The Kier molecular flexibility index (Phi) is 3.21. The van der Waals surface area contributed by atoms with Gasteiger partial charge in [-0.2, -0.15) is 0 Å². The number of aryl methyl sites for hydroxylation is 1. The number of nitrogens with one attached hydrogen (secondary N) is 2. The molecular formula is C16H15N3O. The van der Waals surface area contributed by atoms with E-state index in [2.05, 4.69) is 15.3 Å². The second-order valence-corrected chi connectivity index (χ2v) is 4.75. The van der Waals surface area contributed by atoms with Crippen molar-refractivity contribution >= 4 is 16.6 Å². The largest absolute Gasteiger partial charge is 0.380 e. The van der Waals surface area contributed by atoms with Crippen LogP contribution in [0.4, 0.5) is 5.69 Å². The predicted octanol–water partition coefficient (Wildman–Crippen LogP) is 2.84. The molecule has 3 rings (SSSR count). The van der Waals surface area contributed by atoms with Crippen molar-refractivity contribution in [2.24, 2.45) is 0 Å². The molecule has 0 saturated carbocycles. The molecule has 0 aliphatic heterocycles. The van der Waals surface area contributed by atoms with Crippen LogP contribution in [0, 0.1) is 6.92 Å². The van der Waals surface area contributed by atoms with Gasteiger partial charge in [0, 0.05) is 23.3 Å². The molecule has 4 heteroatoms. The lowest BCUT2D eigenvalue weighted by molar-refractivity contribution is 1.08. The van der Waals surface area contributed by atoms with Gasteiger partial charge in [0.2, 0.25) is 0 Å². The SMILES string of the molecule is Cc1ccc(NCc2cc3ccccc3[nH]c2=O)cn1. The van der Waals surface area contributed by atoms with E-state index in [0.29, 0.717) is 12.1 Å². The second kappa shape index (κ2) is 5.17. The monoisotopic (exact) mass is 265 g/mol. The van der Waals surface area contributed by atoms with Crippen LogP contribution < -0.4 is 10.9 Å². The molecule has 2 N–H and O–H groups in total. The van der Waals surface area contributed by atoms with Crippen molar-refractivity contribution in [1.82, 2.24) is 9.97 Å². The third kappa shape index (κ3) is 2.54. The Hall–Kier alpha value is -2.62. The lowest BCUT2D eigenvalue weighted by atomic mass is 10.1. The van der Waals surface area contributed by atoms with Gasteiger partial charge in [0.1, 0.15) is 0 Å². The van der Waals surface area contributed by atoms with Crippen LogP contribution in [-0.2, 0) is 6.54 Å². The summed E-state index contributed by atoms with van der Waals surface area (Å²) in [5.41, 5.74) is 3.39. The van der Waals surface area contributed by atoms with E-state index in [1.165, 1.54) is 0 Å². The Labute approximate surface area is 116 Å². The standard InChI is InChI=1S/C16H15N3O/c1-11-6-7-14(10-17-11)18-9-13-8-12-4-2-3-5-15(12)19-16(13)20/h2-8,10,18H,9H2,1H3,(H,19,20). The van der Waals surface area contributed by atoms with Crippen molar-refractivity contribution in [2.45, 2.75) is 13.5 Å². The number of aromatic nitrogens is 2. The Morgan fingerprint density at radius 3 is 2.85 bits per heavy atom. The van der Waals surface area contributed by atoms with Crippen LogP contribution in [0.3, 0.4) is 0 Å². The molecule has 0 unspecified atom stereocenters. The van der Waals surface area contributed by atoms with Gasteiger partial charge < -0.3 is 10.3 Å². The quantitative estimate of drug-likeness (QED) is 0.765. The van der Waals surface area contributed by atoms with Crippen LogP contribution in [0.25, 0.3) is 10.9 Å². The van der Waals surface area contributed by atoms with E-state index < -0.39 is 0 Å². The summed E-state index contributed by atoms with van der Waals surface area (Å²) in [6, 6.07) is 13.6. The molecule has 4 nitrogen and oxygen atoms in total. The van der Waals surface area contributed by atoms with Gasteiger partial charge in [-0.1, -0.05) is 18.2 Å². The molecule has 3 aromatic rings. The predicted molar refractivity (Wildman–Crippen MR) is 80.9 cm³/mol. The van der Waals surface area contributed by atoms with Gasteiger partial charge >= 0.3 is 0 Å². The molecule has 2 aromatic heterocycles. The summed E-state index contributed by atoms with van der Waals surface area (Å²) in [7, 11) is 0. The molecular weight excluding hydrogens is 250 g/mol. The number of anilines is 1. The highest BCUT2D eigenvalue weighted by molar-refractivity contribution is 5.78. The molecule has 100 valence electrons. The Balaban J connectivity index is 1.85. The van der Waals surface area contributed by atoms with E-state index in [-0.39, 0.29) is 5.56 Å². The molecule has 0 aliphatic rings. The Bertz CT molecular complexity index is 791. The minimum absolute atomic E-state index is 0.0590. The lowest BCUT2D eigenvalue weighted by Gasteiger charge is -2.07. The average Bonchev–Trinajstić information content (AvgIpc) is 2.47. The Morgan fingerprint density at radius 2 is 2.05 bits per heavy atom. The molecule has 0 amide bonds. The molecule has 0 atom stereocenters. The zero-order chi connectivity index (χ0) is 13.9. The number of hydrogen-bond acceptors (Lipinski definition) is 3. The van der Waals surface area contributed by atoms with E-state index in [9.17, 15) is 4.79 Å².